The number of phosphoric acid groups is 1. The molecule has 150 valence electrons. The molecule has 1 aromatic heterocycles. The van der Waals surface area contributed by atoms with Gasteiger partial charge in [0.15, 0.2) is 0 Å². The number of benzene rings is 1. The Morgan fingerprint density at radius 3 is 2.19 bits per heavy atom. The molecule has 0 aliphatic heterocycles. The Kier molecular flexibility index (Phi) is 9.55. The van der Waals surface area contributed by atoms with E-state index in [2.05, 4.69) is 59.0 Å². The van der Waals surface area contributed by atoms with Gasteiger partial charge in [0, 0.05) is 32.2 Å². The zero-order valence-corrected chi connectivity index (χ0v) is 17.9. The van der Waals surface area contributed by atoms with Gasteiger partial charge < -0.3 is 9.88 Å². The predicted octanol–water partition coefficient (Wildman–Crippen LogP) is 5.11. The number of phosphoric ester groups is 1. The lowest BCUT2D eigenvalue weighted by molar-refractivity contribution is 0.0851. The lowest BCUT2D eigenvalue weighted by Gasteiger charge is -2.19. The van der Waals surface area contributed by atoms with E-state index < -0.39 is 7.82 Å². The number of rotatable bonds is 8. The van der Waals surface area contributed by atoms with Crippen LogP contribution in [0.15, 0.2) is 30.5 Å². The number of aromatic nitrogens is 1. The summed E-state index contributed by atoms with van der Waals surface area (Å²) in [5.41, 5.74) is 2.65. The van der Waals surface area contributed by atoms with E-state index >= 15 is 0 Å². The van der Waals surface area contributed by atoms with Crippen molar-refractivity contribution in [3.05, 3.63) is 36.0 Å². The summed E-state index contributed by atoms with van der Waals surface area (Å²) in [7, 11) is 2.21. The van der Waals surface area contributed by atoms with Crippen molar-refractivity contribution in [2.45, 2.75) is 46.3 Å². The molecule has 0 spiro atoms. The first kappa shape index (κ1) is 22.9. The minimum Gasteiger partial charge on any atom is -0.361 e. The van der Waals surface area contributed by atoms with Crippen molar-refractivity contribution in [1.29, 1.82) is 0 Å². The summed E-state index contributed by atoms with van der Waals surface area (Å²) in [5, 5.41) is 1.36. The van der Waals surface area contributed by atoms with Gasteiger partial charge in [-0.15, -0.1) is 0 Å². The first-order chi connectivity index (χ1) is 12.2. The number of H-pyrrole nitrogens is 1. The number of likely N-dealkylation sites (N-methyl/N-ethyl adjacent to an activating group) is 1. The zero-order chi connectivity index (χ0) is 19.7. The van der Waals surface area contributed by atoms with Crippen molar-refractivity contribution < 1.29 is 19.6 Å². The molecule has 0 atom stereocenters. The van der Waals surface area contributed by atoms with E-state index in [-0.39, 0.29) is 13.6 Å². The standard InChI is InChI=1S/C12H16N2.C7H17O4P.H2/c1-14(2)8-7-10-9-13-12-6-4-3-5-11(10)12;1-6(2)10-12(8,9-5)11-7(3)4;/h3-6,9,13H,7-8H2,1-2H3;6-7H,1-5H3;1H. The Labute approximate surface area is 158 Å². The fourth-order valence-corrected chi connectivity index (χ4v) is 3.56. The summed E-state index contributed by atoms with van der Waals surface area (Å²) < 4.78 is 26.2. The molecule has 1 heterocycles. The molecule has 0 fully saturated rings. The second kappa shape index (κ2) is 10.9. The van der Waals surface area contributed by atoms with E-state index in [1.807, 2.05) is 0 Å². The Balaban J connectivity index is 0.000000491. The van der Waals surface area contributed by atoms with E-state index in [4.69, 9.17) is 9.05 Å². The minimum atomic E-state index is -3.31. The zero-order valence-electron chi connectivity index (χ0n) is 17.0. The number of nitrogens with one attached hydrogen (secondary N) is 1. The third-order valence-corrected chi connectivity index (χ3v) is 5.21. The summed E-state index contributed by atoms with van der Waals surface area (Å²) in [6.07, 6.45) is 2.88. The van der Waals surface area contributed by atoms with Gasteiger partial charge >= 0.3 is 7.82 Å². The average molecular weight is 386 g/mol. The molecule has 7 heteroatoms. The summed E-state index contributed by atoms with van der Waals surface area (Å²) in [6, 6.07) is 8.45. The Bertz CT molecular complexity index is 690. The highest BCUT2D eigenvalue weighted by atomic mass is 31.2. The molecule has 0 saturated heterocycles. The number of aromatic amines is 1. The molecule has 2 aromatic rings. The van der Waals surface area contributed by atoms with Crippen molar-refractivity contribution in [3.63, 3.8) is 0 Å². The van der Waals surface area contributed by atoms with E-state index in [1.165, 1.54) is 23.6 Å². The van der Waals surface area contributed by atoms with Crippen LogP contribution in [0.1, 0.15) is 34.7 Å². The number of fused-ring (bicyclic) bond motifs is 1. The van der Waals surface area contributed by atoms with E-state index in [9.17, 15) is 4.57 Å². The van der Waals surface area contributed by atoms with Gasteiger partial charge in [-0.3, -0.25) is 13.6 Å². The van der Waals surface area contributed by atoms with Crippen LogP contribution in [-0.2, 0) is 24.6 Å². The quantitative estimate of drug-likeness (QED) is 0.639. The van der Waals surface area contributed by atoms with Gasteiger partial charge in [-0.25, -0.2) is 4.57 Å². The maximum absolute atomic E-state index is 11.5. The van der Waals surface area contributed by atoms with Crippen molar-refractivity contribution in [3.8, 4) is 0 Å². The van der Waals surface area contributed by atoms with Gasteiger partial charge in [0.1, 0.15) is 0 Å². The second-order valence-corrected chi connectivity index (χ2v) is 8.53. The molecule has 1 aromatic carbocycles. The van der Waals surface area contributed by atoms with Crippen LogP contribution in [0, 0.1) is 0 Å². The molecule has 1 N–H and O–H groups in total. The third-order valence-electron chi connectivity index (χ3n) is 3.41. The predicted molar refractivity (Wildman–Crippen MR) is 110 cm³/mol. The molecule has 0 saturated carbocycles. The maximum atomic E-state index is 11.5. The fourth-order valence-electron chi connectivity index (χ4n) is 2.31. The first-order valence-corrected chi connectivity index (χ1v) is 10.3. The summed E-state index contributed by atoms with van der Waals surface area (Å²) in [4.78, 5) is 5.50. The van der Waals surface area contributed by atoms with Gasteiger partial charge in [0.2, 0.25) is 0 Å². The SMILES string of the molecule is CN(C)CCc1c[nH]c2ccccc12.COP(=O)(OC(C)C)OC(C)C.[HH]. The Morgan fingerprint density at radius 1 is 1.12 bits per heavy atom. The van der Waals surface area contributed by atoms with Crippen LogP contribution in [0.3, 0.4) is 0 Å². The van der Waals surface area contributed by atoms with Crippen LogP contribution in [0.4, 0.5) is 0 Å². The highest BCUT2D eigenvalue weighted by Crippen LogP contribution is 2.50. The van der Waals surface area contributed by atoms with Gasteiger partial charge in [0.25, 0.3) is 0 Å². The molecule has 0 bridgehead atoms. The minimum absolute atomic E-state index is 0. The van der Waals surface area contributed by atoms with Crippen LogP contribution in [0.2, 0.25) is 0 Å². The summed E-state index contributed by atoms with van der Waals surface area (Å²) >= 11 is 0. The number of hydrogen-bond acceptors (Lipinski definition) is 5. The molecular weight excluding hydrogens is 351 g/mol. The monoisotopic (exact) mass is 386 g/mol. The Morgan fingerprint density at radius 2 is 1.69 bits per heavy atom. The first-order valence-electron chi connectivity index (χ1n) is 8.89. The van der Waals surface area contributed by atoms with E-state index in [0.717, 1.165) is 13.0 Å². The molecule has 0 amide bonds. The molecule has 26 heavy (non-hydrogen) atoms. The van der Waals surface area contributed by atoms with Crippen LogP contribution < -0.4 is 0 Å². The van der Waals surface area contributed by atoms with E-state index in [1.54, 1.807) is 27.7 Å². The fraction of sp³-hybridized carbons (Fsp3) is 0.579. The van der Waals surface area contributed by atoms with Crippen LogP contribution in [-0.4, -0.2) is 49.8 Å². The van der Waals surface area contributed by atoms with Crippen molar-refractivity contribution in [2.75, 3.05) is 27.7 Å². The third kappa shape index (κ3) is 8.02. The molecular formula is C19H35N2O4P. The van der Waals surface area contributed by atoms with Crippen LogP contribution in [0.5, 0.6) is 0 Å². The lowest BCUT2D eigenvalue weighted by Crippen LogP contribution is -2.14. The van der Waals surface area contributed by atoms with Gasteiger partial charge in [-0.1, -0.05) is 18.2 Å². The summed E-state index contributed by atoms with van der Waals surface area (Å²) in [5.74, 6) is 0. The molecule has 2 rings (SSSR count). The number of hydrogen-bond donors (Lipinski definition) is 1. The van der Waals surface area contributed by atoms with Gasteiger partial charge in [0.05, 0.1) is 12.2 Å². The average Bonchev–Trinajstić information content (AvgIpc) is 2.95. The number of para-hydroxylation sites is 1. The maximum Gasteiger partial charge on any atom is 0.475 e. The highest BCUT2D eigenvalue weighted by molar-refractivity contribution is 7.48. The topological polar surface area (TPSA) is 63.8 Å². The van der Waals surface area contributed by atoms with Crippen LogP contribution in [0.25, 0.3) is 10.9 Å². The Hall–Kier alpha value is -1.17. The smallest absolute Gasteiger partial charge is 0.361 e. The molecule has 0 aliphatic rings. The van der Waals surface area contributed by atoms with Crippen molar-refractivity contribution in [2.24, 2.45) is 0 Å². The molecule has 6 nitrogen and oxygen atoms in total. The van der Waals surface area contributed by atoms with Crippen molar-refractivity contribution >= 4 is 18.7 Å². The number of nitrogens with zero attached hydrogens (tertiary/aromatic N) is 1. The largest absolute Gasteiger partial charge is 0.475 e. The van der Waals surface area contributed by atoms with Gasteiger partial charge in [-0.2, -0.15) is 0 Å². The second-order valence-electron chi connectivity index (χ2n) is 6.85. The molecule has 0 radical (unpaired) electrons. The van der Waals surface area contributed by atoms with Gasteiger partial charge in [-0.05, 0) is 59.8 Å². The normalized spacial score (nSPS) is 12.1. The lowest BCUT2D eigenvalue weighted by atomic mass is 10.1. The van der Waals surface area contributed by atoms with Crippen LogP contribution >= 0.6 is 7.82 Å². The van der Waals surface area contributed by atoms with Crippen molar-refractivity contribution in [1.82, 2.24) is 9.88 Å². The van der Waals surface area contributed by atoms with E-state index in [0.29, 0.717) is 0 Å². The molecule has 0 aliphatic carbocycles. The molecule has 0 unspecified atom stereocenters. The summed E-state index contributed by atoms with van der Waals surface area (Å²) in [6.45, 7) is 8.19. The highest BCUT2D eigenvalue weighted by Gasteiger charge is 2.27.